The van der Waals surface area contributed by atoms with Crippen LogP contribution in [0.1, 0.15) is 6.92 Å². The fourth-order valence-corrected chi connectivity index (χ4v) is 0.617. The lowest BCUT2D eigenvalue weighted by atomic mass is 10.2. The molecule has 60 valence electrons. The molecule has 1 N–H and O–H groups in total. The van der Waals surface area contributed by atoms with Gasteiger partial charge in [-0.25, -0.2) is 4.79 Å². The van der Waals surface area contributed by atoms with Crippen molar-refractivity contribution in [3.05, 3.63) is 0 Å². The maximum absolute atomic E-state index is 10.3. The van der Waals surface area contributed by atoms with Crippen LogP contribution < -0.4 is 0 Å². The van der Waals surface area contributed by atoms with Gasteiger partial charge in [-0.15, -0.1) is 0 Å². The second-order valence-electron chi connectivity index (χ2n) is 1.94. The van der Waals surface area contributed by atoms with Crippen molar-refractivity contribution in [3.63, 3.8) is 0 Å². The van der Waals surface area contributed by atoms with Crippen LogP contribution in [0.4, 0.5) is 0 Å². The Morgan fingerprint density at radius 1 is 1.40 bits per heavy atom. The van der Waals surface area contributed by atoms with E-state index in [2.05, 4.69) is 4.74 Å². The Morgan fingerprint density at radius 2 is 1.90 bits per heavy atom. The maximum Gasteiger partial charge on any atom is 0.335 e. The SMILES string of the molecule is CO[C@H](C(=O)O)[C@@H](C)OC. The zero-order valence-electron chi connectivity index (χ0n) is 6.33. The molecule has 0 unspecified atom stereocenters. The minimum Gasteiger partial charge on any atom is -0.479 e. The summed E-state index contributed by atoms with van der Waals surface area (Å²) in [6.07, 6.45) is -1.28. The number of aliphatic carboxylic acids is 1. The molecule has 10 heavy (non-hydrogen) atoms. The van der Waals surface area contributed by atoms with Gasteiger partial charge in [0.2, 0.25) is 0 Å². The summed E-state index contributed by atoms with van der Waals surface area (Å²) in [6.45, 7) is 1.64. The molecular weight excluding hydrogens is 136 g/mol. The fourth-order valence-electron chi connectivity index (χ4n) is 0.617. The van der Waals surface area contributed by atoms with E-state index in [1.54, 1.807) is 6.92 Å². The zero-order chi connectivity index (χ0) is 8.15. The van der Waals surface area contributed by atoms with Crippen LogP contribution >= 0.6 is 0 Å². The van der Waals surface area contributed by atoms with Gasteiger partial charge in [0, 0.05) is 14.2 Å². The van der Waals surface area contributed by atoms with Crippen LogP contribution in [-0.2, 0) is 14.3 Å². The van der Waals surface area contributed by atoms with Gasteiger partial charge in [-0.2, -0.15) is 0 Å². The molecule has 0 saturated carbocycles. The third-order valence-corrected chi connectivity index (χ3v) is 1.30. The van der Waals surface area contributed by atoms with Crippen molar-refractivity contribution >= 4 is 5.97 Å². The third kappa shape index (κ3) is 2.33. The average Bonchev–Trinajstić information content (AvgIpc) is 1.88. The molecule has 0 amide bonds. The molecule has 0 bridgehead atoms. The van der Waals surface area contributed by atoms with Gasteiger partial charge in [0.25, 0.3) is 0 Å². The van der Waals surface area contributed by atoms with Crippen LogP contribution in [0.5, 0.6) is 0 Å². The smallest absolute Gasteiger partial charge is 0.335 e. The number of hydrogen-bond acceptors (Lipinski definition) is 3. The number of ether oxygens (including phenoxy) is 2. The molecule has 4 heteroatoms. The maximum atomic E-state index is 10.3. The van der Waals surface area contributed by atoms with Gasteiger partial charge < -0.3 is 14.6 Å². The van der Waals surface area contributed by atoms with Gasteiger partial charge in [0.05, 0.1) is 6.10 Å². The predicted molar refractivity (Wildman–Crippen MR) is 34.9 cm³/mol. The normalized spacial score (nSPS) is 16.3. The van der Waals surface area contributed by atoms with E-state index in [9.17, 15) is 4.79 Å². The summed E-state index contributed by atoms with van der Waals surface area (Å²) >= 11 is 0. The first-order chi connectivity index (χ1) is 4.63. The third-order valence-electron chi connectivity index (χ3n) is 1.30. The second-order valence-corrected chi connectivity index (χ2v) is 1.94. The summed E-state index contributed by atoms with van der Waals surface area (Å²) in [5.74, 6) is -1.00. The molecule has 0 saturated heterocycles. The van der Waals surface area contributed by atoms with Gasteiger partial charge >= 0.3 is 5.97 Å². The Kier molecular flexibility index (Phi) is 3.99. The van der Waals surface area contributed by atoms with Crippen LogP contribution in [0.3, 0.4) is 0 Å². The number of carboxylic acids is 1. The van der Waals surface area contributed by atoms with E-state index in [-0.39, 0.29) is 0 Å². The summed E-state index contributed by atoms with van der Waals surface area (Å²) in [5.41, 5.74) is 0. The van der Waals surface area contributed by atoms with Crippen LogP contribution in [0, 0.1) is 0 Å². The Hall–Kier alpha value is -0.610. The van der Waals surface area contributed by atoms with E-state index in [1.165, 1.54) is 14.2 Å². The first-order valence-corrected chi connectivity index (χ1v) is 2.91. The molecule has 0 aliphatic heterocycles. The summed E-state index contributed by atoms with van der Waals surface area (Å²) in [7, 11) is 2.79. The molecule has 0 rings (SSSR count). The quantitative estimate of drug-likeness (QED) is 0.615. The lowest BCUT2D eigenvalue weighted by Crippen LogP contribution is -2.34. The van der Waals surface area contributed by atoms with Crippen molar-refractivity contribution < 1.29 is 19.4 Å². The van der Waals surface area contributed by atoms with E-state index in [0.717, 1.165) is 0 Å². The topological polar surface area (TPSA) is 55.8 Å². The van der Waals surface area contributed by atoms with Crippen molar-refractivity contribution in [3.8, 4) is 0 Å². The van der Waals surface area contributed by atoms with Crippen molar-refractivity contribution in [2.24, 2.45) is 0 Å². The number of hydrogen-bond donors (Lipinski definition) is 1. The van der Waals surface area contributed by atoms with Crippen molar-refractivity contribution in [1.29, 1.82) is 0 Å². The molecule has 0 aromatic heterocycles. The van der Waals surface area contributed by atoms with Gasteiger partial charge in [-0.05, 0) is 6.92 Å². The number of carbonyl (C=O) groups is 1. The number of carboxylic acid groups (broad SMARTS) is 1. The summed E-state index contributed by atoms with van der Waals surface area (Å²) in [6, 6.07) is 0. The van der Waals surface area contributed by atoms with E-state index >= 15 is 0 Å². The highest BCUT2D eigenvalue weighted by atomic mass is 16.5. The lowest BCUT2D eigenvalue weighted by molar-refractivity contribution is -0.156. The Balaban J connectivity index is 3.92. The molecule has 0 aliphatic carbocycles. The Bertz CT molecular complexity index is 112. The van der Waals surface area contributed by atoms with Crippen LogP contribution in [0.2, 0.25) is 0 Å². The monoisotopic (exact) mass is 148 g/mol. The largest absolute Gasteiger partial charge is 0.479 e. The van der Waals surface area contributed by atoms with E-state index in [1.807, 2.05) is 0 Å². The van der Waals surface area contributed by atoms with Gasteiger partial charge in [-0.1, -0.05) is 0 Å². The molecule has 0 aliphatic rings. The first kappa shape index (κ1) is 9.39. The second kappa shape index (κ2) is 4.24. The lowest BCUT2D eigenvalue weighted by Gasteiger charge is -2.16. The zero-order valence-corrected chi connectivity index (χ0v) is 6.33. The van der Waals surface area contributed by atoms with E-state index in [4.69, 9.17) is 9.84 Å². The standard InChI is InChI=1S/C6H12O4/c1-4(9-2)5(10-3)6(7)8/h4-5H,1-3H3,(H,7,8)/t4-,5+/m1/s1. The number of methoxy groups -OCH3 is 2. The Labute approximate surface area is 59.7 Å². The minimum absolute atomic E-state index is 0.414. The van der Waals surface area contributed by atoms with Crippen LogP contribution in [0.25, 0.3) is 0 Å². The molecule has 0 spiro atoms. The van der Waals surface area contributed by atoms with Crippen molar-refractivity contribution in [2.75, 3.05) is 14.2 Å². The van der Waals surface area contributed by atoms with Gasteiger partial charge in [0.1, 0.15) is 0 Å². The summed E-state index contributed by atoms with van der Waals surface area (Å²) < 4.78 is 9.40. The summed E-state index contributed by atoms with van der Waals surface area (Å²) in [5, 5.41) is 8.47. The van der Waals surface area contributed by atoms with E-state index in [0.29, 0.717) is 0 Å². The van der Waals surface area contributed by atoms with Crippen molar-refractivity contribution in [1.82, 2.24) is 0 Å². The molecular formula is C6H12O4. The average molecular weight is 148 g/mol. The van der Waals surface area contributed by atoms with Crippen molar-refractivity contribution in [2.45, 2.75) is 19.1 Å². The summed E-state index contributed by atoms with van der Waals surface area (Å²) in [4.78, 5) is 10.3. The highest BCUT2D eigenvalue weighted by Gasteiger charge is 2.23. The first-order valence-electron chi connectivity index (χ1n) is 2.91. The number of rotatable bonds is 4. The molecule has 4 nitrogen and oxygen atoms in total. The molecule has 0 fully saturated rings. The molecule has 0 heterocycles. The van der Waals surface area contributed by atoms with Crippen LogP contribution in [-0.4, -0.2) is 37.5 Å². The van der Waals surface area contributed by atoms with E-state index < -0.39 is 18.2 Å². The highest BCUT2D eigenvalue weighted by molar-refractivity contribution is 5.72. The minimum atomic E-state index is -1.00. The molecule has 0 radical (unpaired) electrons. The molecule has 0 aromatic rings. The van der Waals surface area contributed by atoms with Crippen LogP contribution in [0.15, 0.2) is 0 Å². The molecule has 0 aromatic carbocycles. The Morgan fingerprint density at radius 3 is 2.00 bits per heavy atom. The highest BCUT2D eigenvalue weighted by Crippen LogP contribution is 2.00. The van der Waals surface area contributed by atoms with Gasteiger partial charge in [-0.3, -0.25) is 0 Å². The molecule has 2 atom stereocenters. The predicted octanol–water partition coefficient (Wildman–Crippen LogP) is 0.121. The fraction of sp³-hybridized carbons (Fsp3) is 0.833. The van der Waals surface area contributed by atoms with Gasteiger partial charge in [0.15, 0.2) is 6.10 Å².